The Bertz CT molecular complexity index is 284. The summed E-state index contributed by atoms with van der Waals surface area (Å²) in [6, 6.07) is 1.94. The zero-order valence-electron chi connectivity index (χ0n) is 7.46. The molecule has 0 amide bonds. The number of anilines is 1. The Morgan fingerprint density at radius 2 is 2.25 bits per heavy atom. The van der Waals surface area contributed by atoms with Crippen LogP contribution < -0.4 is 11.5 Å². The number of H-pyrrole nitrogens is 1. The normalized spacial score (nSPS) is 12.4. The van der Waals surface area contributed by atoms with E-state index in [1.807, 2.05) is 12.3 Å². The van der Waals surface area contributed by atoms with Gasteiger partial charge in [0.25, 0.3) is 0 Å². The average molecular weight is 165 g/mol. The van der Waals surface area contributed by atoms with Gasteiger partial charge in [0.2, 0.25) is 0 Å². The number of nitrogen functional groups attached to an aromatic ring is 1. The van der Waals surface area contributed by atoms with Crippen LogP contribution in [0.15, 0.2) is 18.5 Å². The van der Waals surface area contributed by atoms with Gasteiger partial charge < -0.3 is 16.5 Å². The fourth-order valence-corrected chi connectivity index (χ4v) is 1.23. The minimum atomic E-state index is 0.396. The van der Waals surface area contributed by atoms with Crippen LogP contribution in [0.2, 0.25) is 0 Å². The average Bonchev–Trinajstić information content (AvgIpc) is 2.38. The Balaban J connectivity index is 3.04. The lowest BCUT2D eigenvalue weighted by atomic mass is 9.98. The van der Waals surface area contributed by atoms with Crippen LogP contribution >= 0.6 is 0 Å². The van der Waals surface area contributed by atoms with Crippen molar-refractivity contribution in [3.05, 3.63) is 24.0 Å². The number of nitrogens with one attached hydrogen (secondary N) is 1. The third-order valence-corrected chi connectivity index (χ3v) is 1.89. The van der Waals surface area contributed by atoms with Gasteiger partial charge in [-0.3, -0.25) is 0 Å². The molecule has 0 bridgehead atoms. The van der Waals surface area contributed by atoms with Gasteiger partial charge in [-0.2, -0.15) is 0 Å². The van der Waals surface area contributed by atoms with Crippen LogP contribution in [0.4, 0.5) is 5.82 Å². The molecule has 0 spiro atoms. The van der Waals surface area contributed by atoms with Gasteiger partial charge >= 0.3 is 0 Å². The molecule has 3 heteroatoms. The predicted octanol–water partition coefficient (Wildman–Crippen LogP) is 1.55. The van der Waals surface area contributed by atoms with Crippen LogP contribution in [0.5, 0.6) is 0 Å². The van der Waals surface area contributed by atoms with Crippen molar-refractivity contribution in [2.24, 2.45) is 11.7 Å². The van der Waals surface area contributed by atoms with Crippen molar-refractivity contribution < 1.29 is 0 Å². The first kappa shape index (κ1) is 8.71. The molecule has 0 saturated carbocycles. The van der Waals surface area contributed by atoms with E-state index in [4.69, 9.17) is 11.5 Å². The Morgan fingerprint density at radius 1 is 1.58 bits per heavy atom. The van der Waals surface area contributed by atoms with Crippen molar-refractivity contribution >= 4 is 11.4 Å². The molecule has 12 heavy (non-hydrogen) atoms. The van der Waals surface area contributed by atoms with Crippen LogP contribution in [0, 0.1) is 5.92 Å². The highest BCUT2D eigenvalue weighted by Crippen LogP contribution is 2.25. The molecular formula is C9H15N3. The number of aromatic amines is 1. The minimum Gasteiger partial charge on any atom is -0.404 e. The van der Waals surface area contributed by atoms with Crippen molar-refractivity contribution in [3.63, 3.8) is 0 Å². The standard InChI is InChI=1S/C9H15N3/c1-6(2)8(5-10)7-3-4-12-9(7)11/h3-6,12H,10-11H2,1-2H3/b8-5-. The maximum Gasteiger partial charge on any atom is 0.108 e. The molecule has 0 aromatic carbocycles. The lowest BCUT2D eigenvalue weighted by molar-refractivity contribution is 0.854. The van der Waals surface area contributed by atoms with E-state index in [0.717, 1.165) is 11.1 Å². The highest BCUT2D eigenvalue weighted by molar-refractivity contribution is 5.74. The van der Waals surface area contributed by atoms with Gasteiger partial charge in [0, 0.05) is 11.8 Å². The van der Waals surface area contributed by atoms with Crippen molar-refractivity contribution in [1.29, 1.82) is 0 Å². The summed E-state index contributed by atoms with van der Waals surface area (Å²) < 4.78 is 0. The summed E-state index contributed by atoms with van der Waals surface area (Å²) in [4.78, 5) is 2.92. The summed E-state index contributed by atoms with van der Waals surface area (Å²) in [5.74, 6) is 1.08. The molecule has 5 N–H and O–H groups in total. The first-order chi connectivity index (χ1) is 5.66. The fraction of sp³-hybridized carbons (Fsp3) is 0.333. The Labute approximate surface area is 72.5 Å². The van der Waals surface area contributed by atoms with E-state index < -0.39 is 0 Å². The quantitative estimate of drug-likeness (QED) is 0.622. The second-order valence-electron chi connectivity index (χ2n) is 3.08. The number of hydrogen-bond acceptors (Lipinski definition) is 2. The maximum atomic E-state index is 5.70. The van der Waals surface area contributed by atoms with E-state index in [9.17, 15) is 0 Å². The van der Waals surface area contributed by atoms with Gasteiger partial charge in [-0.1, -0.05) is 13.8 Å². The topological polar surface area (TPSA) is 67.8 Å². The Kier molecular flexibility index (Phi) is 2.43. The summed E-state index contributed by atoms with van der Waals surface area (Å²) in [5.41, 5.74) is 13.3. The molecule has 66 valence electrons. The van der Waals surface area contributed by atoms with Crippen molar-refractivity contribution in [2.45, 2.75) is 13.8 Å². The largest absolute Gasteiger partial charge is 0.404 e. The molecule has 1 heterocycles. The second-order valence-corrected chi connectivity index (χ2v) is 3.08. The molecule has 1 aromatic heterocycles. The monoisotopic (exact) mass is 165 g/mol. The van der Waals surface area contributed by atoms with Gasteiger partial charge in [0.1, 0.15) is 5.82 Å². The van der Waals surface area contributed by atoms with Gasteiger partial charge in [-0.25, -0.2) is 0 Å². The van der Waals surface area contributed by atoms with Crippen LogP contribution in [0.3, 0.4) is 0 Å². The molecule has 0 saturated heterocycles. The van der Waals surface area contributed by atoms with Gasteiger partial charge in [0.15, 0.2) is 0 Å². The number of aromatic nitrogens is 1. The highest BCUT2D eigenvalue weighted by Gasteiger charge is 2.09. The van der Waals surface area contributed by atoms with Gasteiger partial charge in [-0.15, -0.1) is 0 Å². The molecule has 0 fully saturated rings. The molecule has 0 aliphatic heterocycles. The third-order valence-electron chi connectivity index (χ3n) is 1.89. The van der Waals surface area contributed by atoms with Crippen LogP contribution in [-0.2, 0) is 0 Å². The number of allylic oxidation sites excluding steroid dienone is 1. The number of rotatable bonds is 2. The maximum absolute atomic E-state index is 5.70. The zero-order valence-corrected chi connectivity index (χ0v) is 7.46. The summed E-state index contributed by atoms with van der Waals surface area (Å²) in [7, 11) is 0. The fourth-order valence-electron chi connectivity index (χ4n) is 1.23. The Hall–Kier alpha value is -1.38. The minimum absolute atomic E-state index is 0.396. The second kappa shape index (κ2) is 3.34. The lowest BCUT2D eigenvalue weighted by Gasteiger charge is -2.09. The molecule has 1 aromatic rings. The molecule has 1 rings (SSSR count). The molecule has 0 unspecified atom stereocenters. The smallest absolute Gasteiger partial charge is 0.108 e. The third kappa shape index (κ3) is 1.44. The molecule has 3 nitrogen and oxygen atoms in total. The van der Waals surface area contributed by atoms with E-state index in [-0.39, 0.29) is 0 Å². The predicted molar refractivity (Wildman–Crippen MR) is 52.2 cm³/mol. The van der Waals surface area contributed by atoms with Crippen molar-refractivity contribution in [3.8, 4) is 0 Å². The van der Waals surface area contributed by atoms with E-state index in [1.54, 1.807) is 6.20 Å². The zero-order chi connectivity index (χ0) is 9.14. The first-order valence-corrected chi connectivity index (χ1v) is 4.01. The summed E-state index contributed by atoms with van der Waals surface area (Å²) in [5, 5.41) is 0. The van der Waals surface area contributed by atoms with Crippen molar-refractivity contribution in [2.75, 3.05) is 5.73 Å². The highest BCUT2D eigenvalue weighted by atomic mass is 14.8. The van der Waals surface area contributed by atoms with Crippen molar-refractivity contribution in [1.82, 2.24) is 4.98 Å². The number of nitrogens with two attached hydrogens (primary N) is 2. The van der Waals surface area contributed by atoms with Crippen LogP contribution in [-0.4, -0.2) is 4.98 Å². The van der Waals surface area contributed by atoms with E-state index in [2.05, 4.69) is 18.8 Å². The van der Waals surface area contributed by atoms with Crippen LogP contribution in [0.1, 0.15) is 19.4 Å². The molecule has 0 atom stereocenters. The number of hydrogen-bond donors (Lipinski definition) is 3. The van der Waals surface area contributed by atoms with E-state index in [1.165, 1.54) is 0 Å². The molecule has 0 radical (unpaired) electrons. The summed E-state index contributed by atoms with van der Waals surface area (Å²) in [6.45, 7) is 4.18. The molecule has 0 aliphatic carbocycles. The Morgan fingerprint density at radius 3 is 2.58 bits per heavy atom. The van der Waals surface area contributed by atoms with Gasteiger partial charge in [0.05, 0.1) is 0 Å². The van der Waals surface area contributed by atoms with Gasteiger partial charge in [-0.05, 0) is 23.8 Å². The van der Waals surface area contributed by atoms with E-state index in [0.29, 0.717) is 11.7 Å². The van der Waals surface area contributed by atoms with E-state index >= 15 is 0 Å². The molecular weight excluding hydrogens is 150 g/mol. The SMILES string of the molecule is CC(C)/C(=C/N)c1cc[nH]c1N. The lowest BCUT2D eigenvalue weighted by Crippen LogP contribution is -1.99. The summed E-state index contributed by atoms with van der Waals surface area (Å²) in [6.07, 6.45) is 3.43. The molecule has 0 aliphatic rings. The van der Waals surface area contributed by atoms with Crippen LogP contribution in [0.25, 0.3) is 5.57 Å². The summed E-state index contributed by atoms with van der Waals surface area (Å²) >= 11 is 0. The first-order valence-electron chi connectivity index (χ1n) is 4.01.